The molecule has 0 aliphatic carbocycles. The van der Waals surface area contributed by atoms with Crippen molar-refractivity contribution < 1.29 is 9.59 Å². The van der Waals surface area contributed by atoms with Crippen molar-refractivity contribution in [2.75, 3.05) is 24.5 Å². The van der Waals surface area contributed by atoms with Crippen molar-refractivity contribution in [2.45, 2.75) is 38.3 Å². The molecule has 1 spiro atoms. The molecule has 4 rings (SSSR count). The third-order valence-corrected chi connectivity index (χ3v) is 5.66. The van der Waals surface area contributed by atoms with E-state index in [0.29, 0.717) is 6.54 Å². The largest absolute Gasteiger partial charge is 0.368 e. The Balaban J connectivity index is 1.60. The number of fused-ring (bicyclic) bond motifs is 2. The van der Waals surface area contributed by atoms with Gasteiger partial charge in [-0.25, -0.2) is 4.98 Å². The molecule has 1 fully saturated rings. The molecule has 0 unspecified atom stereocenters. The number of aryl methyl sites for hydroxylation is 1. The third kappa shape index (κ3) is 2.92. The molecule has 3 heterocycles. The van der Waals surface area contributed by atoms with Crippen molar-refractivity contribution >= 4 is 17.5 Å². The van der Waals surface area contributed by atoms with Crippen LogP contribution in [0.1, 0.15) is 31.2 Å². The van der Waals surface area contributed by atoms with E-state index in [1.165, 1.54) is 0 Å². The number of carbonyl (C=O) groups excluding carboxylic acids is 2. The zero-order valence-corrected chi connectivity index (χ0v) is 15.6. The number of likely N-dealkylation sites (tertiary alicyclic amines) is 1. The summed E-state index contributed by atoms with van der Waals surface area (Å²) < 4.78 is 2.18. The van der Waals surface area contributed by atoms with Gasteiger partial charge in [0.2, 0.25) is 11.8 Å². The lowest BCUT2D eigenvalue weighted by molar-refractivity contribution is -0.125. The van der Waals surface area contributed by atoms with Crippen LogP contribution >= 0.6 is 0 Å². The Morgan fingerprint density at radius 1 is 1.33 bits per heavy atom. The average molecular weight is 367 g/mol. The Labute approximate surface area is 158 Å². The Morgan fingerprint density at radius 2 is 2.15 bits per heavy atom. The SMILES string of the molecule is CCCn1ccnc1CN1CC[C@@]2(C1)C(=O)N(CC(N)=O)c1ccccc12. The molecule has 2 aliphatic heterocycles. The first-order chi connectivity index (χ1) is 13.0. The van der Waals surface area contributed by atoms with Gasteiger partial charge >= 0.3 is 0 Å². The number of nitrogens with two attached hydrogens (primary N) is 1. The lowest BCUT2D eigenvalue weighted by Gasteiger charge is -2.24. The quantitative estimate of drug-likeness (QED) is 0.833. The maximum Gasteiger partial charge on any atom is 0.239 e. The number of amides is 2. The van der Waals surface area contributed by atoms with Crippen LogP contribution in [-0.4, -0.2) is 45.9 Å². The van der Waals surface area contributed by atoms with E-state index in [2.05, 4.69) is 21.4 Å². The van der Waals surface area contributed by atoms with Crippen LogP contribution in [0.4, 0.5) is 5.69 Å². The van der Waals surface area contributed by atoms with Crippen molar-refractivity contribution in [3.63, 3.8) is 0 Å². The molecule has 7 heteroatoms. The van der Waals surface area contributed by atoms with Gasteiger partial charge in [-0.2, -0.15) is 0 Å². The molecule has 7 nitrogen and oxygen atoms in total. The van der Waals surface area contributed by atoms with E-state index in [4.69, 9.17) is 5.73 Å². The Kier molecular flexibility index (Phi) is 4.47. The molecule has 142 valence electrons. The van der Waals surface area contributed by atoms with Crippen molar-refractivity contribution in [3.8, 4) is 0 Å². The fourth-order valence-electron chi connectivity index (χ4n) is 4.46. The number of rotatable bonds is 6. The summed E-state index contributed by atoms with van der Waals surface area (Å²) in [5, 5.41) is 0. The fourth-order valence-corrected chi connectivity index (χ4v) is 4.46. The molecule has 2 N–H and O–H groups in total. The average Bonchev–Trinajstić information content (AvgIpc) is 3.32. The third-order valence-electron chi connectivity index (χ3n) is 5.66. The first-order valence-electron chi connectivity index (χ1n) is 9.47. The minimum atomic E-state index is -0.589. The molecule has 0 saturated carbocycles. The van der Waals surface area contributed by atoms with E-state index in [1.54, 1.807) is 4.90 Å². The van der Waals surface area contributed by atoms with Gasteiger partial charge in [0.15, 0.2) is 0 Å². The summed E-state index contributed by atoms with van der Waals surface area (Å²) in [6.45, 7) is 5.21. The maximum absolute atomic E-state index is 13.3. The van der Waals surface area contributed by atoms with Gasteiger partial charge in [0, 0.05) is 37.7 Å². The number of benzene rings is 1. The van der Waals surface area contributed by atoms with Crippen molar-refractivity contribution in [3.05, 3.63) is 48.0 Å². The van der Waals surface area contributed by atoms with Crippen LogP contribution in [0.2, 0.25) is 0 Å². The summed E-state index contributed by atoms with van der Waals surface area (Å²) >= 11 is 0. The number of para-hydroxylation sites is 1. The summed E-state index contributed by atoms with van der Waals surface area (Å²) in [7, 11) is 0. The maximum atomic E-state index is 13.3. The Hall–Kier alpha value is -2.67. The van der Waals surface area contributed by atoms with Gasteiger partial charge in [-0.15, -0.1) is 0 Å². The smallest absolute Gasteiger partial charge is 0.239 e. The number of anilines is 1. The number of aromatic nitrogens is 2. The minimum absolute atomic E-state index is 0.0121. The van der Waals surface area contributed by atoms with Gasteiger partial charge in [-0.05, 0) is 24.5 Å². The second kappa shape index (κ2) is 6.81. The molecule has 1 aromatic carbocycles. The standard InChI is InChI=1S/C20H25N5O2/c1-2-9-24-11-8-22-18(24)13-23-10-7-20(14-23)15-5-3-4-6-16(15)25(19(20)27)12-17(21)26/h3-6,8,11H,2,7,9-10,12-14H2,1H3,(H2,21,26)/t20-/m0/s1. The topological polar surface area (TPSA) is 84.5 Å². The molecule has 2 aliphatic rings. The van der Waals surface area contributed by atoms with Crippen LogP contribution in [0.5, 0.6) is 0 Å². The molecule has 1 aromatic heterocycles. The predicted octanol–water partition coefficient (Wildman–Crippen LogP) is 1.27. The molecular formula is C20H25N5O2. The summed E-state index contributed by atoms with van der Waals surface area (Å²) in [5.74, 6) is 0.523. The van der Waals surface area contributed by atoms with E-state index in [9.17, 15) is 9.59 Å². The zero-order chi connectivity index (χ0) is 19.0. The first kappa shape index (κ1) is 17.7. The highest BCUT2D eigenvalue weighted by Gasteiger charge is 2.54. The van der Waals surface area contributed by atoms with Crippen molar-refractivity contribution in [1.82, 2.24) is 14.5 Å². The number of nitrogens with zero attached hydrogens (tertiary/aromatic N) is 4. The molecule has 27 heavy (non-hydrogen) atoms. The molecule has 0 bridgehead atoms. The fraction of sp³-hybridized carbons (Fsp3) is 0.450. The first-order valence-corrected chi connectivity index (χ1v) is 9.47. The molecule has 2 amide bonds. The summed E-state index contributed by atoms with van der Waals surface area (Å²) in [5.41, 5.74) is 6.62. The zero-order valence-electron chi connectivity index (χ0n) is 15.6. The lowest BCUT2D eigenvalue weighted by Crippen LogP contribution is -2.45. The van der Waals surface area contributed by atoms with Crippen molar-refractivity contribution in [1.29, 1.82) is 0 Å². The summed E-state index contributed by atoms with van der Waals surface area (Å²) in [6.07, 6.45) is 5.64. The van der Waals surface area contributed by atoms with Crippen LogP contribution in [-0.2, 0) is 28.1 Å². The number of imidazole rings is 1. The van der Waals surface area contributed by atoms with Crippen LogP contribution in [0.25, 0.3) is 0 Å². The Morgan fingerprint density at radius 3 is 2.93 bits per heavy atom. The second-order valence-corrected chi connectivity index (χ2v) is 7.45. The predicted molar refractivity (Wildman–Crippen MR) is 102 cm³/mol. The van der Waals surface area contributed by atoms with Gasteiger partial charge in [-0.3, -0.25) is 14.5 Å². The highest BCUT2D eigenvalue weighted by atomic mass is 16.2. The number of hydrogen-bond acceptors (Lipinski definition) is 4. The van der Waals surface area contributed by atoms with E-state index < -0.39 is 11.3 Å². The van der Waals surface area contributed by atoms with E-state index in [1.807, 2.05) is 36.7 Å². The van der Waals surface area contributed by atoms with E-state index in [0.717, 1.165) is 49.6 Å². The van der Waals surface area contributed by atoms with Gasteiger partial charge < -0.3 is 15.2 Å². The highest BCUT2D eigenvalue weighted by Crippen LogP contribution is 2.47. The van der Waals surface area contributed by atoms with Gasteiger partial charge in [0.25, 0.3) is 0 Å². The van der Waals surface area contributed by atoms with Crippen molar-refractivity contribution in [2.24, 2.45) is 5.73 Å². The molecule has 2 aromatic rings. The summed E-state index contributed by atoms with van der Waals surface area (Å²) in [4.78, 5) is 33.1. The summed E-state index contributed by atoms with van der Waals surface area (Å²) in [6, 6.07) is 7.77. The second-order valence-electron chi connectivity index (χ2n) is 7.45. The highest BCUT2D eigenvalue weighted by molar-refractivity contribution is 6.11. The molecule has 1 atom stereocenters. The monoisotopic (exact) mass is 367 g/mol. The van der Waals surface area contributed by atoms with Crippen LogP contribution in [0.3, 0.4) is 0 Å². The molecule has 1 saturated heterocycles. The van der Waals surface area contributed by atoms with Gasteiger partial charge in [0.1, 0.15) is 12.4 Å². The number of hydrogen-bond donors (Lipinski definition) is 1. The van der Waals surface area contributed by atoms with Gasteiger partial charge in [0.05, 0.1) is 12.0 Å². The van der Waals surface area contributed by atoms with Gasteiger partial charge in [-0.1, -0.05) is 25.1 Å². The molecule has 0 radical (unpaired) electrons. The normalized spacial score (nSPS) is 22.0. The minimum Gasteiger partial charge on any atom is -0.368 e. The number of primary amides is 1. The molecular weight excluding hydrogens is 342 g/mol. The van der Waals surface area contributed by atoms with Crippen LogP contribution < -0.4 is 10.6 Å². The van der Waals surface area contributed by atoms with E-state index >= 15 is 0 Å². The Bertz CT molecular complexity index is 877. The van der Waals surface area contributed by atoms with Crippen LogP contribution in [0.15, 0.2) is 36.7 Å². The van der Waals surface area contributed by atoms with E-state index in [-0.39, 0.29) is 12.5 Å². The number of carbonyl (C=O) groups is 2. The van der Waals surface area contributed by atoms with Crippen LogP contribution in [0, 0.1) is 0 Å². The lowest BCUT2D eigenvalue weighted by atomic mass is 9.81.